The van der Waals surface area contributed by atoms with Gasteiger partial charge in [0.25, 0.3) is 5.91 Å². The van der Waals surface area contributed by atoms with Gasteiger partial charge in [0, 0.05) is 6.20 Å². The number of pyridine rings is 1. The normalized spacial score (nSPS) is 10.8. The minimum atomic E-state index is -0.732. The van der Waals surface area contributed by atoms with E-state index in [2.05, 4.69) is 10.3 Å². The molecule has 1 heterocycles. The van der Waals surface area contributed by atoms with Gasteiger partial charge in [-0.1, -0.05) is 40.5 Å². The molecule has 1 rings (SSSR count). The Labute approximate surface area is 166 Å². The zero-order valence-electron chi connectivity index (χ0n) is 17.1. The first-order valence-electron chi connectivity index (χ1n) is 9.70. The first-order valence-corrected chi connectivity index (χ1v) is 9.70. The lowest BCUT2D eigenvalue weighted by molar-refractivity contribution is -0.118. The van der Waals surface area contributed by atoms with E-state index in [4.69, 9.17) is 15.2 Å². The Hall–Kier alpha value is -2.48. The summed E-state index contributed by atoms with van der Waals surface area (Å²) in [6.45, 7) is 7.96. The molecule has 0 unspecified atom stereocenters. The van der Waals surface area contributed by atoms with Crippen molar-refractivity contribution in [1.82, 2.24) is 10.3 Å². The SMILES string of the molecule is CCCC(CCC)OC(=O)c1cnc(C(=O)NC(=O)CN)c(OCC(C)C)c1. The summed E-state index contributed by atoms with van der Waals surface area (Å²) in [5, 5.41) is 2.13. The molecule has 0 aliphatic carbocycles. The summed E-state index contributed by atoms with van der Waals surface area (Å²) in [5.74, 6) is -1.57. The molecule has 0 bridgehead atoms. The second-order valence-corrected chi connectivity index (χ2v) is 6.96. The molecule has 0 saturated carbocycles. The highest BCUT2D eigenvalue weighted by Gasteiger charge is 2.21. The number of rotatable bonds is 11. The van der Waals surface area contributed by atoms with Gasteiger partial charge in [0.15, 0.2) is 11.4 Å². The third kappa shape index (κ3) is 7.64. The number of hydrogen-bond donors (Lipinski definition) is 2. The highest BCUT2D eigenvalue weighted by atomic mass is 16.5. The van der Waals surface area contributed by atoms with Crippen LogP contribution in [0.2, 0.25) is 0 Å². The summed E-state index contributed by atoms with van der Waals surface area (Å²) >= 11 is 0. The van der Waals surface area contributed by atoms with Crippen molar-refractivity contribution in [3.05, 3.63) is 23.5 Å². The van der Waals surface area contributed by atoms with Crippen molar-refractivity contribution < 1.29 is 23.9 Å². The maximum absolute atomic E-state index is 12.5. The smallest absolute Gasteiger partial charge is 0.340 e. The molecule has 8 nitrogen and oxygen atoms in total. The number of hydrogen-bond acceptors (Lipinski definition) is 7. The van der Waals surface area contributed by atoms with E-state index in [1.54, 1.807) is 0 Å². The largest absolute Gasteiger partial charge is 0.491 e. The molecule has 2 amide bonds. The average Bonchev–Trinajstić information content (AvgIpc) is 2.66. The van der Waals surface area contributed by atoms with Crippen molar-refractivity contribution in [1.29, 1.82) is 0 Å². The van der Waals surface area contributed by atoms with Crippen LogP contribution in [0.25, 0.3) is 0 Å². The fourth-order valence-corrected chi connectivity index (χ4v) is 2.46. The molecule has 0 fully saturated rings. The molecule has 0 radical (unpaired) electrons. The molecule has 28 heavy (non-hydrogen) atoms. The quantitative estimate of drug-likeness (QED) is 0.554. The monoisotopic (exact) mass is 393 g/mol. The van der Waals surface area contributed by atoms with Crippen LogP contribution in [0.1, 0.15) is 74.2 Å². The molecule has 3 N–H and O–H groups in total. The zero-order valence-corrected chi connectivity index (χ0v) is 17.1. The lowest BCUT2D eigenvalue weighted by Crippen LogP contribution is -2.36. The van der Waals surface area contributed by atoms with Crippen LogP contribution in [0.3, 0.4) is 0 Å². The van der Waals surface area contributed by atoms with Crippen LogP contribution in [-0.2, 0) is 9.53 Å². The third-order valence-corrected chi connectivity index (χ3v) is 3.81. The lowest BCUT2D eigenvalue weighted by Gasteiger charge is -2.17. The summed E-state index contributed by atoms with van der Waals surface area (Å²) in [4.78, 5) is 40.2. The minimum Gasteiger partial charge on any atom is -0.491 e. The Balaban J connectivity index is 3.07. The molecule has 0 spiro atoms. The molecule has 0 aliphatic heterocycles. The van der Waals surface area contributed by atoms with E-state index in [1.807, 2.05) is 27.7 Å². The lowest BCUT2D eigenvalue weighted by atomic mass is 10.1. The standard InChI is InChI=1S/C20H31N3O5/c1-5-7-15(8-6-2)28-20(26)14-9-16(27-12-13(3)4)18(22-11-14)19(25)23-17(24)10-21/h9,11,13,15H,5-8,10,12,21H2,1-4H3,(H,23,24,25). The number of carbonyl (C=O) groups excluding carboxylic acids is 3. The predicted molar refractivity (Wildman–Crippen MR) is 105 cm³/mol. The molecule has 0 atom stereocenters. The van der Waals surface area contributed by atoms with Crippen molar-refractivity contribution in [3.8, 4) is 5.75 Å². The summed E-state index contributed by atoms with van der Waals surface area (Å²) in [5.41, 5.74) is 5.32. The summed E-state index contributed by atoms with van der Waals surface area (Å²) in [6, 6.07) is 1.43. The summed E-state index contributed by atoms with van der Waals surface area (Å²) in [7, 11) is 0. The van der Waals surface area contributed by atoms with Gasteiger partial charge in [0.2, 0.25) is 5.91 Å². The minimum absolute atomic E-state index is 0.0855. The van der Waals surface area contributed by atoms with Gasteiger partial charge in [-0.25, -0.2) is 9.78 Å². The van der Waals surface area contributed by atoms with Gasteiger partial charge in [-0.3, -0.25) is 14.9 Å². The Morgan fingerprint density at radius 3 is 2.36 bits per heavy atom. The fraction of sp³-hybridized carbons (Fsp3) is 0.600. The van der Waals surface area contributed by atoms with Crippen molar-refractivity contribution in [2.75, 3.05) is 13.2 Å². The van der Waals surface area contributed by atoms with Gasteiger partial charge in [-0.2, -0.15) is 0 Å². The maximum Gasteiger partial charge on any atom is 0.340 e. The zero-order chi connectivity index (χ0) is 21.1. The van der Waals surface area contributed by atoms with Crippen LogP contribution in [0.5, 0.6) is 5.75 Å². The van der Waals surface area contributed by atoms with E-state index in [0.717, 1.165) is 25.7 Å². The molecule has 1 aromatic heterocycles. The Kier molecular flexibility index (Phi) is 10.2. The van der Waals surface area contributed by atoms with Crippen LogP contribution in [0.4, 0.5) is 0 Å². The number of nitrogens with zero attached hydrogens (tertiary/aromatic N) is 1. The van der Waals surface area contributed by atoms with Crippen LogP contribution in [0.15, 0.2) is 12.3 Å². The molecule has 8 heteroatoms. The molecular formula is C20H31N3O5. The number of imide groups is 1. The number of esters is 1. The van der Waals surface area contributed by atoms with E-state index in [-0.39, 0.29) is 35.6 Å². The summed E-state index contributed by atoms with van der Waals surface area (Å²) in [6.07, 6.45) is 4.48. The average molecular weight is 393 g/mol. The second kappa shape index (κ2) is 12.1. The van der Waals surface area contributed by atoms with Crippen molar-refractivity contribution >= 4 is 17.8 Å². The van der Waals surface area contributed by atoms with Gasteiger partial charge in [-0.15, -0.1) is 0 Å². The second-order valence-electron chi connectivity index (χ2n) is 6.96. The maximum atomic E-state index is 12.5. The molecule has 0 aromatic carbocycles. The summed E-state index contributed by atoms with van der Waals surface area (Å²) < 4.78 is 11.2. The van der Waals surface area contributed by atoms with Gasteiger partial charge in [0.1, 0.15) is 6.10 Å². The van der Waals surface area contributed by atoms with Crippen LogP contribution in [0, 0.1) is 5.92 Å². The van der Waals surface area contributed by atoms with Crippen LogP contribution < -0.4 is 15.8 Å². The van der Waals surface area contributed by atoms with Crippen LogP contribution in [-0.4, -0.2) is 42.0 Å². The van der Waals surface area contributed by atoms with Gasteiger partial charge >= 0.3 is 5.97 Å². The van der Waals surface area contributed by atoms with Crippen LogP contribution >= 0.6 is 0 Å². The van der Waals surface area contributed by atoms with Gasteiger partial charge in [0.05, 0.1) is 18.7 Å². The van der Waals surface area contributed by atoms with Crippen molar-refractivity contribution in [3.63, 3.8) is 0 Å². The molecule has 0 aliphatic rings. The van der Waals surface area contributed by atoms with E-state index in [1.165, 1.54) is 12.3 Å². The van der Waals surface area contributed by atoms with E-state index < -0.39 is 17.8 Å². The number of nitrogens with two attached hydrogens (primary N) is 1. The Morgan fingerprint density at radius 2 is 1.82 bits per heavy atom. The van der Waals surface area contributed by atoms with E-state index >= 15 is 0 Å². The molecular weight excluding hydrogens is 362 g/mol. The van der Waals surface area contributed by atoms with Crippen molar-refractivity contribution in [2.24, 2.45) is 11.7 Å². The highest BCUT2D eigenvalue weighted by molar-refractivity contribution is 6.06. The number of aromatic nitrogens is 1. The number of carbonyl (C=O) groups is 3. The van der Waals surface area contributed by atoms with E-state index in [9.17, 15) is 14.4 Å². The molecule has 0 saturated heterocycles. The Morgan fingerprint density at radius 1 is 1.18 bits per heavy atom. The highest BCUT2D eigenvalue weighted by Crippen LogP contribution is 2.21. The van der Waals surface area contributed by atoms with E-state index in [0.29, 0.717) is 6.61 Å². The van der Waals surface area contributed by atoms with Gasteiger partial charge < -0.3 is 15.2 Å². The Bertz CT molecular complexity index is 670. The molecule has 156 valence electrons. The molecule has 1 aromatic rings. The topological polar surface area (TPSA) is 121 Å². The first-order chi connectivity index (χ1) is 13.3. The fourth-order valence-electron chi connectivity index (χ4n) is 2.46. The number of ether oxygens (including phenoxy) is 2. The first kappa shape index (κ1) is 23.6. The van der Waals surface area contributed by atoms with Gasteiger partial charge in [-0.05, 0) is 24.8 Å². The predicted octanol–water partition coefficient (Wildman–Crippen LogP) is 2.46. The van der Waals surface area contributed by atoms with Crippen molar-refractivity contribution in [2.45, 2.75) is 59.5 Å². The third-order valence-electron chi connectivity index (χ3n) is 3.81. The number of amides is 2. The number of nitrogens with one attached hydrogen (secondary N) is 1.